The van der Waals surface area contributed by atoms with Crippen LogP contribution in [0.3, 0.4) is 0 Å². The molecule has 0 aliphatic rings. The fourth-order valence-corrected chi connectivity index (χ4v) is 1.62. The van der Waals surface area contributed by atoms with Gasteiger partial charge in [-0.2, -0.15) is 5.10 Å². The number of hydrogen-bond acceptors (Lipinski definition) is 5. The van der Waals surface area contributed by atoms with Gasteiger partial charge in [-0.1, -0.05) is 6.07 Å². The lowest BCUT2D eigenvalue weighted by molar-refractivity contribution is 1.09. The lowest BCUT2D eigenvalue weighted by Crippen LogP contribution is -1.95. The number of rotatable bonds is 2. The van der Waals surface area contributed by atoms with Gasteiger partial charge in [0.1, 0.15) is 12.1 Å². The molecule has 6 heteroatoms. The van der Waals surface area contributed by atoms with Crippen molar-refractivity contribution in [1.29, 1.82) is 0 Å². The summed E-state index contributed by atoms with van der Waals surface area (Å²) in [6, 6.07) is 7.47. The van der Waals surface area contributed by atoms with Crippen LogP contribution < -0.4 is 11.1 Å². The van der Waals surface area contributed by atoms with E-state index in [9.17, 15) is 0 Å². The molecule has 0 spiro atoms. The zero-order valence-electron chi connectivity index (χ0n) is 8.88. The fraction of sp³-hybridized carbons (Fsp3) is 0. The average Bonchev–Trinajstić information content (AvgIpc) is 2.78. The molecular weight excluding hydrogens is 216 g/mol. The molecule has 0 amide bonds. The van der Waals surface area contributed by atoms with Gasteiger partial charge < -0.3 is 11.1 Å². The normalized spacial score (nSPS) is 10.6. The molecule has 17 heavy (non-hydrogen) atoms. The number of aromatic nitrogens is 4. The number of nitrogens with zero attached hydrogens (tertiary/aromatic N) is 3. The number of benzene rings is 1. The monoisotopic (exact) mass is 226 g/mol. The number of anilines is 3. The summed E-state index contributed by atoms with van der Waals surface area (Å²) in [6.07, 6.45) is 3.17. The molecule has 0 fully saturated rings. The number of nitrogen functional groups attached to an aromatic ring is 1. The van der Waals surface area contributed by atoms with E-state index in [0.717, 1.165) is 11.1 Å². The Morgan fingerprint density at radius 1 is 1.24 bits per heavy atom. The number of hydrogen-bond donors (Lipinski definition) is 3. The summed E-state index contributed by atoms with van der Waals surface area (Å²) in [6.45, 7) is 0. The van der Waals surface area contributed by atoms with E-state index in [1.165, 1.54) is 6.33 Å². The maximum absolute atomic E-state index is 5.71. The molecule has 0 saturated heterocycles. The van der Waals surface area contributed by atoms with E-state index in [1.54, 1.807) is 6.20 Å². The molecule has 2 aromatic heterocycles. The average molecular weight is 226 g/mol. The number of nitrogens with one attached hydrogen (secondary N) is 2. The Bertz CT molecular complexity index is 660. The standard InChI is InChI=1S/C11H10N6/c12-7-2-1-3-8(4-7)16-10-9-5-15-17-11(9)14-6-13-10/h1-6H,12H2,(H2,13,14,15,16,17). The van der Waals surface area contributed by atoms with E-state index >= 15 is 0 Å². The molecule has 2 heterocycles. The Hall–Kier alpha value is -2.63. The van der Waals surface area contributed by atoms with Crippen molar-refractivity contribution in [3.63, 3.8) is 0 Å². The highest BCUT2D eigenvalue weighted by atomic mass is 15.2. The van der Waals surface area contributed by atoms with E-state index < -0.39 is 0 Å². The Morgan fingerprint density at radius 2 is 2.18 bits per heavy atom. The zero-order chi connectivity index (χ0) is 11.7. The van der Waals surface area contributed by atoms with Crippen LogP contribution in [-0.2, 0) is 0 Å². The molecule has 4 N–H and O–H groups in total. The number of aromatic amines is 1. The van der Waals surface area contributed by atoms with Crippen LogP contribution in [0.25, 0.3) is 11.0 Å². The number of fused-ring (bicyclic) bond motifs is 1. The minimum atomic E-state index is 0.700. The highest BCUT2D eigenvalue weighted by Crippen LogP contribution is 2.22. The third-order valence-electron chi connectivity index (χ3n) is 2.40. The van der Waals surface area contributed by atoms with Crippen LogP contribution in [0.4, 0.5) is 17.2 Å². The predicted molar refractivity (Wildman–Crippen MR) is 65.8 cm³/mol. The van der Waals surface area contributed by atoms with Gasteiger partial charge in [0.25, 0.3) is 0 Å². The van der Waals surface area contributed by atoms with Gasteiger partial charge in [0.15, 0.2) is 5.65 Å². The summed E-state index contributed by atoms with van der Waals surface area (Å²) >= 11 is 0. The SMILES string of the molecule is Nc1cccc(Nc2ncnc3[nH]ncc23)c1. The largest absolute Gasteiger partial charge is 0.399 e. The van der Waals surface area contributed by atoms with Crippen LogP contribution in [0.5, 0.6) is 0 Å². The molecule has 84 valence electrons. The Kier molecular flexibility index (Phi) is 2.11. The maximum atomic E-state index is 5.71. The van der Waals surface area contributed by atoms with E-state index in [2.05, 4.69) is 25.5 Å². The minimum Gasteiger partial charge on any atom is -0.399 e. The van der Waals surface area contributed by atoms with Gasteiger partial charge in [0, 0.05) is 11.4 Å². The summed E-state index contributed by atoms with van der Waals surface area (Å²) < 4.78 is 0. The zero-order valence-corrected chi connectivity index (χ0v) is 8.88. The minimum absolute atomic E-state index is 0.700. The lowest BCUT2D eigenvalue weighted by atomic mass is 10.3. The van der Waals surface area contributed by atoms with Gasteiger partial charge in [0.2, 0.25) is 0 Å². The van der Waals surface area contributed by atoms with Gasteiger partial charge in [0.05, 0.1) is 11.6 Å². The van der Waals surface area contributed by atoms with E-state index in [4.69, 9.17) is 5.73 Å². The van der Waals surface area contributed by atoms with Crippen molar-refractivity contribution in [2.75, 3.05) is 11.1 Å². The molecule has 1 aromatic carbocycles. The fourth-order valence-electron chi connectivity index (χ4n) is 1.62. The van der Waals surface area contributed by atoms with Crippen molar-refractivity contribution in [2.45, 2.75) is 0 Å². The molecule has 0 aliphatic heterocycles. The van der Waals surface area contributed by atoms with Gasteiger partial charge in [-0.3, -0.25) is 5.10 Å². The lowest BCUT2D eigenvalue weighted by Gasteiger charge is -2.06. The maximum Gasteiger partial charge on any atom is 0.160 e. The van der Waals surface area contributed by atoms with Gasteiger partial charge in [-0.15, -0.1) is 0 Å². The van der Waals surface area contributed by atoms with E-state index in [1.807, 2.05) is 24.3 Å². The topological polar surface area (TPSA) is 92.5 Å². The van der Waals surface area contributed by atoms with Crippen molar-refractivity contribution in [3.05, 3.63) is 36.8 Å². The van der Waals surface area contributed by atoms with Gasteiger partial charge >= 0.3 is 0 Å². The first-order valence-corrected chi connectivity index (χ1v) is 5.09. The Balaban J connectivity index is 2.02. The van der Waals surface area contributed by atoms with Crippen LogP contribution >= 0.6 is 0 Å². The predicted octanol–water partition coefficient (Wildman–Crippen LogP) is 1.68. The Morgan fingerprint density at radius 3 is 3.06 bits per heavy atom. The molecule has 0 bridgehead atoms. The summed E-state index contributed by atoms with van der Waals surface area (Å²) in [5.74, 6) is 0.703. The third-order valence-corrected chi connectivity index (χ3v) is 2.40. The molecule has 0 atom stereocenters. The molecule has 0 saturated carbocycles. The summed E-state index contributed by atoms with van der Waals surface area (Å²) in [5, 5.41) is 10.7. The molecule has 3 aromatic rings. The first-order chi connectivity index (χ1) is 8.33. The molecule has 6 nitrogen and oxygen atoms in total. The highest BCUT2D eigenvalue weighted by molar-refractivity contribution is 5.87. The second kappa shape index (κ2) is 3.75. The molecule has 0 unspecified atom stereocenters. The molecule has 0 radical (unpaired) electrons. The van der Waals surface area contributed by atoms with Crippen LogP contribution in [0.2, 0.25) is 0 Å². The van der Waals surface area contributed by atoms with Crippen molar-refractivity contribution >= 4 is 28.2 Å². The second-order valence-electron chi connectivity index (χ2n) is 3.61. The van der Waals surface area contributed by atoms with E-state index in [0.29, 0.717) is 17.2 Å². The first kappa shape index (κ1) is 9.59. The summed E-state index contributed by atoms with van der Waals surface area (Å²) in [4.78, 5) is 8.25. The van der Waals surface area contributed by atoms with E-state index in [-0.39, 0.29) is 0 Å². The van der Waals surface area contributed by atoms with Crippen LogP contribution in [0.1, 0.15) is 0 Å². The smallest absolute Gasteiger partial charge is 0.160 e. The molecule has 0 aliphatic carbocycles. The quantitative estimate of drug-likeness (QED) is 0.578. The number of nitrogens with two attached hydrogens (primary N) is 1. The van der Waals surface area contributed by atoms with Crippen molar-refractivity contribution in [1.82, 2.24) is 20.2 Å². The summed E-state index contributed by atoms with van der Waals surface area (Å²) in [5.41, 5.74) is 8.00. The first-order valence-electron chi connectivity index (χ1n) is 5.09. The highest BCUT2D eigenvalue weighted by Gasteiger charge is 2.05. The Labute approximate surface area is 96.9 Å². The summed E-state index contributed by atoms with van der Waals surface area (Å²) in [7, 11) is 0. The van der Waals surface area contributed by atoms with Crippen LogP contribution in [0.15, 0.2) is 36.8 Å². The third kappa shape index (κ3) is 1.76. The van der Waals surface area contributed by atoms with Crippen molar-refractivity contribution in [2.24, 2.45) is 0 Å². The molecule has 3 rings (SSSR count). The number of H-pyrrole nitrogens is 1. The second-order valence-corrected chi connectivity index (χ2v) is 3.61. The van der Waals surface area contributed by atoms with Crippen LogP contribution in [0, 0.1) is 0 Å². The van der Waals surface area contributed by atoms with Gasteiger partial charge in [-0.25, -0.2) is 9.97 Å². The molecular formula is C11H10N6. The van der Waals surface area contributed by atoms with Gasteiger partial charge in [-0.05, 0) is 18.2 Å². The van der Waals surface area contributed by atoms with Crippen LogP contribution in [-0.4, -0.2) is 20.2 Å². The van der Waals surface area contributed by atoms with Crippen molar-refractivity contribution in [3.8, 4) is 0 Å². The van der Waals surface area contributed by atoms with Crippen molar-refractivity contribution < 1.29 is 0 Å².